The number of fused-ring (bicyclic) bond motifs is 1. The van der Waals surface area contributed by atoms with Crippen LogP contribution in [0.5, 0.6) is 0 Å². The van der Waals surface area contributed by atoms with Crippen LogP contribution in [-0.2, 0) is 36.0 Å². The van der Waals surface area contributed by atoms with Crippen LogP contribution in [-0.4, -0.2) is 46.8 Å². The maximum Gasteiger partial charge on any atom is 0.341 e. The van der Waals surface area contributed by atoms with Gasteiger partial charge in [0.1, 0.15) is 5.00 Å². The van der Waals surface area contributed by atoms with E-state index in [0.29, 0.717) is 23.7 Å². The van der Waals surface area contributed by atoms with Crippen LogP contribution >= 0.6 is 11.3 Å². The summed E-state index contributed by atoms with van der Waals surface area (Å²) in [5.74, 6) is -0.476. The highest BCUT2D eigenvalue weighted by Gasteiger charge is 2.28. The number of nitrogens with zero attached hydrogens (tertiary/aromatic N) is 3. The van der Waals surface area contributed by atoms with E-state index in [4.69, 9.17) is 4.74 Å². The van der Waals surface area contributed by atoms with Crippen molar-refractivity contribution in [2.24, 2.45) is 7.05 Å². The molecule has 0 atom stereocenters. The average Bonchev–Trinajstić information content (AvgIpc) is 3.25. The zero-order valence-electron chi connectivity index (χ0n) is 16.3. The van der Waals surface area contributed by atoms with Crippen molar-refractivity contribution in [3.05, 3.63) is 33.5 Å². The van der Waals surface area contributed by atoms with E-state index < -0.39 is 0 Å². The summed E-state index contributed by atoms with van der Waals surface area (Å²) in [7, 11) is 3.80. The van der Waals surface area contributed by atoms with Gasteiger partial charge in [-0.2, -0.15) is 5.10 Å². The van der Waals surface area contributed by atoms with Gasteiger partial charge in [0.05, 0.1) is 24.9 Å². The topological polar surface area (TPSA) is 76.5 Å². The molecule has 0 saturated heterocycles. The van der Waals surface area contributed by atoms with Crippen molar-refractivity contribution in [1.29, 1.82) is 0 Å². The molecule has 0 aromatic carbocycles. The number of esters is 1. The monoisotopic (exact) mass is 390 g/mol. The number of thiophene rings is 1. The number of rotatable bonds is 7. The Bertz CT molecular complexity index is 856. The fourth-order valence-electron chi connectivity index (χ4n) is 3.37. The van der Waals surface area contributed by atoms with E-state index in [1.165, 1.54) is 16.2 Å². The van der Waals surface area contributed by atoms with Gasteiger partial charge in [-0.05, 0) is 45.7 Å². The molecule has 2 aromatic heterocycles. The van der Waals surface area contributed by atoms with Crippen LogP contribution in [0.15, 0.2) is 6.20 Å². The molecule has 0 radical (unpaired) electrons. The molecule has 0 aliphatic heterocycles. The maximum absolute atomic E-state index is 12.5. The predicted molar refractivity (Wildman–Crippen MR) is 105 cm³/mol. The first-order valence-electron chi connectivity index (χ1n) is 9.18. The van der Waals surface area contributed by atoms with Crippen LogP contribution < -0.4 is 5.32 Å². The van der Waals surface area contributed by atoms with E-state index >= 15 is 0 Å². The first-order valence-corrected chi connectivity index (χ1v) is 9.99. The highest BCUT2D eigenvalue weighted by molar-refractivity contribution is 7.17. The summed E-state index contributed by atoms with van der Waals surface area (Å²) < 4.78 is 7.03. The second-order valence-electron chi connectivity index (χ2n) is 6.88. The third kappa shape index (κ3) is 4.22. The lowest BCUT2D eigenvalue weighted by Crippen LogP contribution is -2.30. The fourth-order valence-corrected chi connectivity index (χ4v) is 4.66. The minimum Gasteiger partial charge on any atom is -0.462 e. The smallest absolute Gasteiger partial charge is 0.341 e. The summed E-state index contributed by atoms with van der Waals surface area (Å²) in [6.07, 6.45) is 4.71. The van der Waals surface area contributed by atoms with Crippen molar-refractivity contribution in [3.8, 4) is 0 Å². The predicted octanol–water partition coefficient (Wildman–Crippen LogP) is 2.53. The summed E-state index contributed by atoms with van der Waals surface area (Å²) >= 11 is 1.50. The number of carbonyl (C=O) groups is 2. The Hall–Kier alpha value is -2.19. The number of hydrogen-bond donors (Lipinski definition) is 1. The number of amides is 1. The number of anilines is 1. The molecule has 1 N–H and O–H groups in total. The molecule has 0 saturated carbocycles. The lowest BCUT2D eigenvalue weighted by atomic mass is 10.1. The van der Waals surface area contributed by atoms with E-state index in [-0.39, 0.29) is 18.4 Å². The number of aromatic nitrogens is 2. The highest BCUT2D eigenvalue weighted by Crippen LogP contribution is 2.39. The molecule has 2 heterocycles. The molecular formula is C19H26N4O3S. The average molecular weight is 391 g/mol. The molecule has 7 nitrogen and oxygen atoms in total. The molecule has 0 bridgehead atoms. The molecule has 2 aromatic rings. The van der Waals surface area contributed by atoms with Crippen LogP contribution in [0.25, 0.3) is 0 Å². The Balaban J connectivity index is 1.67. The Labute approximate surface area is 163 Å². The van der Waals surface area contributed by atoms with E-state index in [1.807, 2.05) is 36.8 Å². The van der Waals surface area contributed by atoms with E-state index in [9.17, 15) is 9.59 Å². The van der Waals surface area contributed by atoms with Crippen LogP contribution in [0.3, 0.4) is 0 Å². The van der Waals surface area contributed by atoms with Crippen molar-refractivity contribution < 1.29 is 14.3 Å². The summed E-state index contributed by atoms with van der Waals surface area (Å²) in [4.78, 5) is 28.1. The lowest BCUT2D eigenvalue weighted by molar-refractivity contribution is -0.117. The Morgan fingerprint density at radius 2 is 2.19 bits per heavy atom. The second kappa shape index (κ2) is 8.22. The molecule has 0 fully saturated rings. The number of ether oxygens (including phenoxy) is 1. The largest absolute Gasteiger partial charge is 0.462 e. The van der Waals surface area contributed by atoms with Crippen molar-refractivity contribution in [2.45, 2.75) is 39.7 Å². The van der Waals surface area contributed by atoms with Crippen molar-refractivity contribution in [2.75, 3.05) is 25.5 Å². The van der Waals surface area contributed by atoms with Crippen molar-refractivity contribution >= 4 is 28.2 Å². The van der Waals surface area contributed by atoms with Crippen LogP contribution in [0, 0.1) is 6.92 Å². The van der Waals surface area contributed by atoms with Gasteiger partial charge in [-0.15, -0.1) is 11.3 Å². The molecule has 146 valence electrons. The SMILES string of the molecule is CCOC(=O)c1c(NC(=O)CN(C)Cc2cnn(C)c2C)sc2c1CCC2. The van der Waals surface area contributed by atoms with Gasteiger partial charge >= 0.3 is 5.97 Å². The van der Waals surface area contributed by atoms with Gasteiger partial charge in [-0.25, -0.2) is 4.79 Å². The highest BCUT2D eigenvalue weighted by atomic mass is 32.1. The summed E-state index contributed by atoms with van der Waals surface area (Å²) in [5.41, 5.74) is 3.78. The quantitative estimate of drug-likeness (QED) is 0.735. The molecular weight excluding hydrogens is 364 g/mol. The Morgan fingerprint density at radius 1 is 1.41 bits per heavy atom. The van der Waals surface area contributed by atoms with Gasteiger partial charge in [0, 0.05) is 29.7 Å². The summed E-state index contributed by atoms with van der Waals surface area (Å²) in [6.45, 7) is 5.00. The number of carbonyl (C=O) groups excluding carboxylic acids is 2. The van der Waals surface area contributed by atoms with Gasteiger partial charge in [0.2, 0.25) is 5.91 Å². The Kier molecular flexibility index (Phi) is 5.96. The van der Waals surface area contributed by atoms with Gasteiger partial charge in [-0.3, -0.25) is 14.4 Å². The molecule has 1 amide bonds. The first-order chi connectivity index (χ1) is 12.9. The lowest BCUT2D eigenvalue weighted by Gasteiger charge is -2.16. The minimum atomic E-state index is -0.341. The maximum atomic E-state index is 12.5. The molecule has 8 heteroatoms. The normalized spacial score (nSPS) is 13.1. The standard InChI is InChI=1S/C19H26N4O3S/c1-5-26-19(25)17-14-7-6-8-15(14)27-18(17)21-16(24)11-22(3)10-13-9-20-23(4)12(13)2/h9H,5-8,10-11H2,1-4H3,(H,21,24). The van der Waals surface area contributed by atoms with Crippen LogP contribution in [0.2, 0.25) is 0 Å². The fraction of sp³-hybridized carbons (Fsp3) is 0.526. The molecule has 1 aliphatic rings. The van der Waals surface area contributed by atoms with Crippen LogP contribution in [0.4, 0.5) is 5.00 Å². The third-order valence-corrected chi connectivity index (χ3v) is 6.05. The van der Waals surface area contributed by atoms with Crippen LogP contribution in [0.1, 0.15) is 45.4 Å². The summed E-state index contributed by atoms with van der Waals surface area (Å²) in [5, 5.41) is 7.78. The third-order valence-electron chi connectivity index (χ3n) is 4.84. The van der Waals surface area contributed by atoms with Gasteiger partial charge in [-0.1, -0.05) is 0 Å². The minimum absolute atomic E-state index is 0.135. The molecule has 1 aliphatic carbocycles. The number of likely N-dealkylation sites (N-methyl/N-ethyl adjacent to an activating group) is 1. The molecule has 0 unspecified atom stereocenters. The number of aryl methyl sites for hydroxylation is 2. The zero-order chi connectivity index (χ0) is 19.6. The zero-order valence-corrected chi connectivity index (χ0v) is 17.1. The Morgan fingerprint density at radius 3 is 2.85 bits per heavy atom. The van der Waals surface area contributed by atoms with Gasteiger partial charge in [0.15, 0.2) is 0 Å². The molecule has 27 heavy (non-hydrogen) atoms. The number of hydrogen-bond acceptors (Lipinski definition) is 6. The molecule has 3 rings (SSSR count). The van der Waals surface area contributed by atoms with E-state index in [1.54, 1.807) is 6.92 Å². The van der Waals surface area contributed by atoms with E-state index in [2.05, 4.69) is 10.4 Å². The van der Waals surface area contributed by atoms with Gasteiger partial charge < -0.3 is 10.1 Å². The molecule has 0 spiro atoms. The summed E-state index contributed by atoms with van der Waals surface area (Å²) in [6, 6.07) is 0. The first kappa shape index (κ1) is 19.6. The van der Waals surface area contributed by atoms with Gasteiger partial charge in [0.25, 0.3) is 0 Å². The van der Waals surface area contributed by atoms with Crippen molar-refractivity contribution in [3.63, 3.8) is 0 Å². The second-order valence-corrected chi connectivity index (χ2v) is 7.99. The number of nitrogens with one attached hydrogen (secondary N) is 1. The van der Waals surface area contributed by atoms with Crippen molar-refractivity contribution in [1.82, 2.24) is 14.7 Å². The van der Waals surface area contributed by atoms with E-state index in [0.717, 1.165) is 36.1 Å².